The first-order valence-electron chi connectivity index (χ1n) is 7.81. The van der Waals surface area contributed by atoms with Gasteiger partial charge in [0.15, 0.2) is 5.84 Å². The molecule has 0 atom stereocenters. The van der Waals surface area contributed by atoms with Gasteiger partial charge in [0, 0.05) is 12.2 Å². The molecule has 0 fully saturated rings. The number of pyridine rings is 1. The Morgan fingerprint density at radius 1 is 1.25 bits per heavy atom. The van der Waals surface area contributed by atoms with Crippen LogP contribution in [0.2, 0.25) is 0 Å². The van der Waals surface area contributed by atoms with Crippen molar-refractivity contribution in [1.29, 1.82) is 0 Å². The molecule has 128 valence electrons. The summed E-state index contributed by atoms with van der Waals surface area (Å²) in [5.74, 6) is 1.44. The summed E-state index contributed by atoms with van der Waals surface area (Å²) in [6, 6.07) is 11.4. The van der Waals surface area contributed by atoms with Gasteiger partial charge in [-0.2, -0.15) is 0 Å². The highest BCUT2D eigenvalue weighted by atomic mass is 16.5. The molecular formula is C18H24N4O2. The van der Waals surface area contributed by atoms with E-state index in [4.69, 9.17) is 4.74 Å². The molecule has 2 rings (SSSR count). The number of ether oxygens (including phenoxy) is 1. The number of nitrogens with zero attached hydrogens (tertiary/aromatic N) is 3. The van der Waals surface area contributed by atoms with Crippen molar-refractivity contribution in [2.75, 3.05) is 27.2 Å². The number of hydrogen-bond acceptors (Lipinski definition) is 5. The molecule has 0 aliphatic carbocycles. The third kappa shape index (κ3) is 5.04. The zero-order chi connectivity index (χ0) is 17.5. The van der Waals surface area contributed by atoms with Crippen molar-refractivity contribution in [3.63, 3.8) is 0 Å². The number of rotatable bonds is 6. The van der Waals surface area contributed by atoms with Crippen molar-refractivity contribution in [3.8, 4) is 11.6 Å². The first kappa shape index (κ1) is 17.9. The van der Waals surface area contributed by atoms with Crippen LogP contribution in [-0.4, -0.2) is 48.1 Å². The van der Waals surface area contributed by atoms with Crippen LogP contribution in [-0.2, 0) is 0 Å². The van der Waals surface area contributed by atoms with E-state index in [1.54, 1.807) is 0 Å². The second-order valence-corrected chi connectivity index (χ2v) is 5.87. The molecule has 0 unspecified atom stereocenters. The van der Waals surface area contributed by atoms with E-state index < -0.39 is 0 Å². The lowest BCUT2D eigenvalue weighted by atomic mass is 10.2. The Morgan fingerprint density at radius 2 is 2.04 bits per heavy atom. The van der Waals surface area contributed by atoms with Gasteiger partial charge in [-0.25, -0.2) is 4.98 Å². The molecule has 6 nitrogen and oxygen atoms in total. The lowest BCUT2D eigenvalue weighted by Crippen LogP contribution is -2.24. The van der Waals surface area contributed by atoms with Gasteiger partial charge >= 0.3 is 0 Å². The largest absolute Gasteiger partial charge is 0.438 e. The van der Waals surface area contributed by atoms with Crippen LogP contribution in [0.4, 0.5) is 0 Å². The van der Waals surface area contributed by atoms with Crippen molar-refractivity contribution >= 4 is 5.84 Å². The molecule has 0 amide bonds. The molecule has 0 saturated heterocycles. The molecule has 2 aromatic rings. The summed E-state index contributed by atoms with van der Waals surface area (Å²) in [6.45, 7) is 5.22. The van der Waals surface area contributed by atoms with Gasteiger partial charge in [0.1, 0.15) is 5.75 Å². The van der Waals surface area contributed by atoms with Crippen molar-refractivity contribution < 1.29 is 9.94 Å². The Morgan fingerprint density at radius 3 is 2.71 bits per heavy atom. The van der Waals surface area contributed by atoms with E-state index in [-0.39, 0.29) is 0 Å². The van der Waals surface area contributed by atoms with Crippen LogP contribution in [0.5, 0.6) is 11.6 Å². The molecule has 24 heavy (non-hydrogen) atoms. The maximum Gasteiger partial charge on any atom is 0.230 e. The number of benzene rings is 1. The fourth-order valence-corrected chi connectivity index (χ4v) is 2.12. The van der Waals surface area contributed by atoms with Crippen LogP contribution in [0.3, 0.4) is 0 Å². The molecule has 0 saturated carbocycles. The number of aromatic nitrogens is 1. The molecule has 1 aromatic heterocycles. The normalized spacial score (nSPS) is 11.7. The third-order valence-corrected chi connectivity index (χ3v) is 3.38. The first-order valence-corrected chi connectivity index (χ1v) is 7.81. The summed E-state index contributed by atoms with van der Waals surface area (Å²) in [5, 5.41) is 9.47. The summed E-state index contributed by atoms with van der Waals surface area (Å²) < 4.78 is 5.93. The lowest BCUT2D eigenvalue weighted by Gasteiger charge is -2.13. The predicted molar refractivity (Wildman–Crippen MR) is 95.1 cm³/mol. The molecular weight excluding hydrogens is 304 g/mol. The zero-order valence-corrected chi connectivity index (χ0v) is 14.6. The van der Waals surface area contributed by atoms with E-state index in [9.17, 15) is 5.21 Å². The van der Waals surface area contributed by atoms with Crippen LogP contribution in [0.25, 0.3) is 0 Å². The Labute approximate surface area is 142 Å². The molecule has 0 aliphatic rings. The predicted octanol–water partition coefficient (Wildman–Crippen LogP) is 2.78. The van der Waals surface area contributed by atoms with Crippen molar-refractivity contribution in [2.24, 2.45) is 4.99 Å². The smallest absolute Gasteiger partial charge is 0.230 e. The monoisotopic (exact) mass is 328 g/mol. The van der Waals surface area contributed by atoms with Gasteiger partial charge in [-0.1, -0.05) is 12.1 Å². The number of hydrogen-bond donors (Lipinski definition) is 2. The Kier molecular flexibility index (Phi) is 6.28. The second kappa shape index (κ2) is 8.42. The Balaban J connectivity index is 2.32. The minimum atomic E-state index is 0.340. The highest BCUT2D eigenvalue weighted by molar-refractivity contribution is 6.00. The van der Waals surface area contributed by atoms with E-state index in [1.807, 2.05) is 69.2 Å². The Bertz CT molecular complexity index is 714. The highest BCUT2D eigenvalue weighted by Gasteiger charge is 2.13. The van der Waals surface area contributed by atoms with Gasteiger partial charge in [-0.3, -0.25) is 15.7 Å². The number of aryl methyl sites for hydroxylation is 2. The van der Waals surface area contributed by atoms with Crippen LogP contribution in [0.1, 0.15) is 16.8 Å². The maximum absolute atomic E-state index is 9.47. The van der Waals surface area contributed by atoms with Crippen LogP contribution >= 0.6 is 0 Å². The van der Waals surface area contributed by atoms with Crippen molar-refractivity contribution in [1.82, 2.24) is 15.4 Å². The Hall–Kier alpha value is -2.44. The van der Waals surface area contributed by atoms with Gasteiger partial charge in [0.2, 0.25) is 5.88 Å². The minimum Gasteiger partial charge on any atom is -0.438 e. The maximum atomic E-state index is 9.47. The SMILES string of the molecule is Cc1cccc(Oc2nc(C)ccc2C(=NCCN(C)C)NO)c1. The number of aliphatic imine (C=N–C) groups is 1. The fourth-order valence-electron chi connectivity index (χ4n) is 2.12. The summed E-state index contributed by atoms with van der Waals surface area (Å²) in [7, 11) is 3.95. The summed E-state index contributed by atoms with van der Waals surface area (Å²) in [6.07, 6.45) is 0. The van der Waals surface area contributed by atoms with Gasteiger partial charge in [0.05, 0.1) is 12.1 Å². The summed E-state index contributed by atoms with van der Waals surface area (Å²) in [4.78, 5) is 10.9. The average Bonchev–Trinajstić information content (AvgIpc) is 2.52. The van der Waals surface area contributed by atoms with Crippen LogP contribution < -0.4 is 10.2 Å². The lowest BCUT2D eigenvalue weighted by molar-refractivity contribution is 0.234. The minimum absolute atomic E-state index is 0.340. The van der Waals surface area contributed by atoms with Crippen LogP contribution in [0, 0.1) is 13.8 Å². The second-order valence-electron chi connectivity index (χ2n) is 5.87. The number of nitrogens with one attached hydrogen (secondary N) is 1. The van der Waals surface area contributed by atoms with E-state index >= 15 is 0 Å². The molecule has 0 bridgehead atoms. The van der Waals surface area contributed by atoms with Gasteiger partial charge in [0.25, 0.3) is 0 Å². The summed E-state index contributed by atoms with van der Waals surface area (Å²) >= 11 is 0. The standard InChI is InChI=1S/C18H24N4O2/c1-13-6-5-7-15(12-13)24-18-16(9-8-14(2)20-18)17(21-23)19-10-11-22(3)4/h5-9,12,23H,10-11H2,1-4H3,(H,19,21). The van der Waals surface area contributed by atoms with Crippen molar-refractivity contribution in [2.45, 2.75) is 13.8 Å². The molecule has 6 heteroatoms. The van der Waals surface area contributed by atoms with Gasteiger partial charge < -0.3 is 9.64 Å². The van der Waals surface area contributed by atoms with E-state index in [2.05, 4.69) is 15.5 Å². The molecule has 0 radical (unpaired) electrons. The van der Waals surface area contributed by atoms with Gasteiger partial charge in [-0.05, 0) is 57.8 Å². The zero-order valence-electron chi connectivity index (χ0n) is 14.6. The number of amidine groups is 1. The molecule has 2 N–H and O–H groups in total. The van der Waals surface area contributed by atoms with E-state index in [0.717, 1.165) is 17.8 Å². The first-order chi connectivity index (χ1) is 11.5. The molecule has 1 heterocycles. The fraction of sp³-hybridized carbons (Fsp3) is 0.333. The number of hydroxylamine groups is 1. The van der Waals surface area contributed by atoms with Crippen molar-refractivity contribution in [3.05, 3.63) is 53.2 Å². The van der Waals surface area contributed by atoms with Gasteiger partial charge in [-0.15, -0.1) is 0 Å². The average molecular weight is 328 g/mol. The molecule has 1 aromatic carbocycles. The summed E-state index contributed by atoms with van der Waals surface area (Å²) in [5.41, 5.74) is 4.70. The third-order valence-electron chi connectivity index (χ3n) is 3.38. The van der Waals surface area contributed by atoms with E-state index in [1.165, 1.54) is 0 Å². The molecule has 0 spiro atoms. The van der Waals surface area contributed by atoms with Crippen LogP contribution in [0.15, 0.2) is 41.4 Å². The topological polar surface area (TPSA) is 70.0 Å². The quantitative estimate of drug-likeness (QED) is 0.485. The van der Waals surface area contributed by atoms with E-state index in [0.29, 0.717) is 29.6 Å². The molecule has 0 aliphatic heterocycles. The highest BCUT2D eigenvalue weighted by Crippen LogP contribution is 2.24. The number of likely N-dealkylation sites (N-methyl/N-ethyl adjacent to an activating group) is 1.